The quantitative estimate of drug-likeness (QED) is 0.338. The zero-order chi connectivity index (χ0) is 7.86. The Balaban J connectivity index is -0.0000000564. The largest absolute Gasteiger partial charge is 1.00 e. The van der Waals surface area contributed by atoms with Gasteiger partial charge in [0.15, 0.2) is 0 Å². The maximum Gasteiger partial charge on any atom is 1.00 e. The number of rotatable bonds is 2. The first-order chi connectivity index (χ1) is 4.13. The average Bonchev–Trinajstić information content (AvgIpc) is 1.68. The van der Waals surface area contributed by atoms with Crippen LogP contribution in [-0.2, 0) is 31.1 Å². The maximum absolute atomic E-state index is 9.19. The Morgan fingerprint density at radius 2 is 1.18 bits per heavy atom. The van der Waals surface area contributed by atoms with Crippen molar-refractivity contribution < 1.29 is 85.1 Å². The SMILES string of the molecule is C=O.O=S([O-])OS(=O)[O-].[Na+].[Na+]. The summed E-state index contributed by atoms with van der Waals surface area (Å²) in [5.74, 6) is 0. The van der Waals surface area contributed by atoms with E-state index in [9.17, 15) is 17.5 Å². The number of carbonyl (C=O) groups is 1. The van der Waals surface area contributed by atoms with Crippen LogP contribution < -0.4 is 59.1 Å². The molecule has 0 saturated heterocycles. The topological polar surface area (TPSA) is 107 Å². The standard InChI is InChI=1S/CH2O.2Na.H2O5S2/c1-2;;;1-6(2)5-7(3)4/h1H2;;;(H,1,2)(H,3,4)/q;2*+1;/p-2. The second-order valence-electron chi connectivity index (χ2n) is 0.476. The van der Waals surface area contributed by atoms with Crippen LogP contribution in [-0.4, -0.2) is 24.3 Å². The summed E-state index contributed by atoms with van der Waals surface area (Å²) in [7, 11) is 0. The van der Waals surface area contributed by atoms with Crippen molar-refractivity contribution in [2.24, 2.45) is 0 Å². The number of hydrogen-bond donors (Lipinski definition) is 0. The van der Waals surface area contributed by atoms with Crippen LogP contribution in [0.5, 0.6) is 0 Å². The minimum absolute atomic E-state index is 0. The third-order valence-electron chi connectivity index (χ3n) is 0.111. The van der Waals surface area contributed by atoms with E-state index in [1.165, 1.54) is 0 Å². The van der Waals surface area contributed by atoms with E-state index >= 15 is 0 Å². The molecule has 0 unspecified atom stereocenters. The Morgan fingerprint density at radius 1 is 1.00 bits per heavy atom. The fourth-order valence-corrected chi connectivity index (χ4v) is 0.408. The molecule has 0 aromatic carbocycles. The molecule has 0 aliphatic heterocycles. The zero-order valence-electron chi connectivity index (χ0n) is 5.97. The summed E-state index contributed by atoms with van der Waals surface area (Å²) in [6.45, 7) is 2.00. The number of hydrogen-bond acceptors (Lipinski definition) is 6. The van der Waals surface area contributed by atoms with Gasteiger partial charge in [0.2, 0.25) is 0 Å². The van der Waals surface area contributed by atoms with Crippen molar-refractivity contribution in [3.05, 3.63) is 0 Å². The van der Waals surface area contributed by atoms with E-state index in [-0.39, 0.29) is 59.1 Å². The van der Waals surface area contributed by atoms with E-state index in [0.717, 1.165) is 0 Å². The smallest absolute Gasteiger partial charge is 0.749 e. The molecule has 0 aliphatic carbocycles. The summed E-state index contributed by atoms with van der Waals surface area (Å²) >= 11 is -5.92. The second kappa shape index (κ2) is 17.8. The summed E-state index contributed by atoms with van der Waals surface area (Å²) in [6.07, 6.45) is 0. The van der Waals surface area contributed by atoms with Gasteiger partial charge in [-0.3, -0.25) is 0 Å². The predicted octanol–water partition coefficient (Wildman–Crippen LogP) is -7.59. The van der Waals surface area contributed by atoms with Crippen molar-refractivity contribution in [1.82, 2.24) is 0 Å². The van der Waals surface area contributed by atoms with Gasteiger partial charge in [0.25, 0.3) is 0 Å². The molecular formula is CH2Na2O6S2. The van der Waals surface area contributed by atoms with Crippen molar-refractivity contribution in [1.29, 1.82) is 0 Å². The van der Waals surface area contributed by atoms with Crippen LogP contribution >= 0.6 is 0 Å². The Bertz CT molecular complexity index is 105. The van der Waals surface area contributed by atoms with Gasteiger partial charge in [-0.05, 0) is 0 Å². The third kappa shape index (κ3) is 33.6. The van der Waals surface area contributed by atoms with Gasteiger partial charge in [-0.25, -0.2) is 12.0 Å². The molecule has 0 rings (SSSR count). The molecule has 0 heterocycles. The molecule has 0 spiro atoms. The molecule has 11 heavy (non-hydrogen) atoms. The molecule has 56 valence electrons. The van der Waals surface area contributed by atoms with E-state index in [2.05, 4.69) is 3.63 Å². The van der Waals surface area contributed by atoms with E-state index in [1.54, 1.807) is 0 Å². The van der Waals surface area contributed by atoms with Gasteiger partial charge in [-0.15, -0.1) is 0 Å². The molecule has 0 atom stereocenters. The molecule has 10 heteroatoms. The van der Waals surface area contributed by atoms with Gasteiger partial charge >= 0.3 is 59.1 Å². The Morgan fingerprint density at radius 3 is 1.18 bits per heavy atom. The van der Waals surface area contributed by atoms with Gasteiger partial charge in [-0.2, -0.15) is 0 Å². The van der Waals surface area contributed by atoms with Crippen LogP contribution in [0.15, 0.2) is 0 Å². The minimum Gasteiger partial charge on any atom is -0.749 e. The molecule has 0 amide bonds. The van der Waals surface area contributed by atoms with Crippen LogP contribution in [0.1, 0.15) is 0 Å². The normalized spacial score (nSPS) is 12.2. The molecule has 0 fully saturated rings. The summed E-state index contributed by atoms with van der Waals surface area (Å²) < 4.78 is 39.9. The molecule has 0 radical (unpaired) electrons. The first kappa shape index (κ1) is 23.0. The van der Waals surface area contributed by atoms with Crippen LogP contribution in [0.4, 0.5) is 0 Å². The van der Waals surface area contributed by atoms with Gasteiger partial charge in [-0.1, -0.05) is 0 Å². The fourth-order valence-electron chi connectivity index (χ4n) is 0.0454. The Hall–Kier alpha value is 1.85. The first-order valence-electron chi connectivity index (χ1n) is 1.29. The van der Waals surface area contributed by atoms with Gasteiger partial charge < -0.3 is 13.9 Å². The first-order valence-corrected chi connectivity index (χ1v) is 3.29. The van der Waals surface area contributed by atoms with Crippen molar-refractivity contribution in [3.8, 4) is 0 Å². The molecular weight excluding hydrogens is 218 g/mol. The molecule has 0 N–H and O–H groups in total. The molecule has 6 nitrogen and oxygen atoms in total. The van der Waals surface area contributed by atoms with Crippen molar-refractivity contribution in [2.45, 2.75) is 0 Å². The Labute approximate surface area is 113 Å². The summed E-state index contributed by atoms with van der Waals surface area (Å²) in [6, 6.07) is 0. The summed E-state index contributed by atoms with van der Waals surface area (Å²) in [5.41, 5.74) is 0. The van der Waals surface area contributed by atoms with Crippen molar-refractivity contribution >= 4 is 29.5 Å². The van der Waals surface area contributed by atoms with Crippen LogP contribution in [0, 0.1) is 0 Å². The molecule has 0 aliphatic rings. The summed E-state index contributed by atoms with van der Waals surface area (Å²) in [5, 5.41) is 0. The second-order valence-corrected chi connectivity index (χ2v) is 1.84. The average molecular weight is 220 g/mol. The third-order valence-corrected chi connectivity index (χ3v) is 1.00. The van der Waals surface area contributed by atoms with Gasteiger partial charge in [0.1, 0.15) is 6.79 Å². The van der Waals surface area contributed by atoms with Crippen molar-refractivity contribution in [3.63, 3.8) is 0 Å². The van der Waals surface area contributed by atoms with Gasteiger partial charge in [0, 0.05) is 0 Å². The van der Waals surface area contributed by atoms with Crippen LogP contribution in [0.25, 0.3) is 0 Å². The van der Waals surface area contributed by atoms with Gasteiger partial charge in [0.05, 0.1) is 22.7 Å². The molecule has 0 bridgehead atoms. The van der Waals surface area contributed by atoms with Crippen molar-refractivity contribution in [2.75, 3.05) is 0 Å². The summed E-state index contributed by atoms with van der Waals surface area (Å²) in [4.78, 5) is 8.00. The number of carbonyl (C=O) groups excluding carboxylic acids is 1. The minimum atomic E-state index is -2.96. The molecule has 0 aromatic rings. The van der Waals surface area contributed by atoms with Crippen LogP contribution in [0.2, 0.25) is 0 Å². The fraction of sp³-hybridized carbons (Fsp3) is 0. The Kier molecular flexibility index (Phi) is 37.3. The zero-order valence-corrected chi connectivity index (χ0v) is 11.6. The van der Waals surface area contributed by atoms with E-state index in [4.69, 9.17) is 4.79 Å². The predicted molar refractivity (Wildman–Crippen MR) is 26.0 cm³/mol. The molecule has 0 aromatic heterocycles. The maximum atomic E-state index is 9.19. The monoisotopic (exact) mass is 220 g/mol. The van der Waals surface area contributed by atoms with E-state index in [0.29, 0.717) is 0 Å². The molecule has 0 saturated carbocycles. The van der Waals surface area contributed by atoms with Crippen LogP contribution in [0.3, 0.4) is 0 Å². The van der Waals surface area contributed by atoms with E-state index in [1.807, 2.05) is 6.79 Å². The van der Waals surface area contributed by atoms with E-state index < -0.39 is 22.7 Å².